The predicted octanol–water partition coefficient (Wildman–Crippen LogP) is 0.576. The quantitative estimate of drug-likeness (QED) is 0.680. The molecule has 0 unspecified atom stereocenters. The van der Waals surface area contributed by atoms with Gasteiger partial charge in [0.15, 0.2) is 5.69 Å². The summed E-state index contributed by atoms with van der Waals surface area (Å²) < 4.78 is 6.73. The predicted molar refractivity (Wildman–Crippen MR) is 111 cm³/mol. The van der Waals surface area contributed by atoms with E-state index in [1.165, 1.54) is 0 Å². The first kappa shape index (κ1) is 22.3. The van der Waals surface area contributed by atoms with Gasteiger partial charge in [-0.15, -0.1) is 0 Å². The fraction of sp³-hybridized carbons (Fsp3) is 0.714. The third kappa shape index (κ3) is 4.66. The Bertz CT molecular complexity index is 796. The molecule has 0 aromatic carbocycles. The summed E-state index contributed by atoms with van der Waals surface area (Å²) in [6.07, 6.45) is 1.98. The number of hydrogen-bond donors (Lipinski definition) is 1. The van der Waals surface area contributed by atoms with Gasteiger partial charge in [-0.05, 0) is 12.8 Å². The minimum atomic E-state index is -0.107. The number of ether oxygens (including phenoxy) is 1. The van der Waals surface area contributed by atoms with E-state index in [1.54, 1.807) is 16.7 Å². The molecule has 0 bridgehead atoms. The van der Waals surface area contributed by atoms with Crippen LogP contribution in [0.2, 0.25) is 0 Å². The first-order valence-corrected chi connectivity index (χ1v) is 10.7. The zero-order valence-corrected chi connectivity index (χ0v) is 18.4. The number of piperidine rings is 1. The van der Waals surface area contributed by atoms with Crippen LogP contribution < -0.4 is 5.32 Å². The summed E-state index contributed by atoms with van der Waals surface area (Å²) in [5, 5.41) is 7.38. The summed E-state index contributed by atoms with van der Waals surface area (Å²) in [7, 11) is 3.46. The molecule has 2 aliphatic rings. The van der Waals surface area contributed by atoms with Crippen LogP contribution in [0.15, 0.2) is 0 Å². The van der Waals surface area contributed by atoms with Crippen molar-refractivity contribution in [3.63, 3.8) is 0 Å². The Morgan fingerprint density at radius 1 is 1.17 bits per heavy atom. The Morgan fingerprint density at radius 2 is 1.87 bits per heavy atom. The normalized spacial score (nSPS) is 17.2. The molecule has 0 aliphatic carbocycles. The van der Waals surface area contributed by atoms with Crippen LogP contribution in [0.5, 0.6) is 0 Å². The number of aromatic nitrogens is 2. The molecule has 166 valence electrons. The topological polar surface area (TPSA) is 96.8 Å². The summed E-state index contributed by atoms with van der Waals surface area (Å²) in [6.45, 7) is 6.92. The molecule has 30 heavy (non-hydrogen) atoms. The Hall–Kier alpha value is -2.42. The van der Waals surface area contributed by atoms with E-state index in [-0.39, 0.29) is 29.6 Å². The smallest absolute Gasteiger partial charge is 0.274 e. The van der Waals surface area contributed by atoms with E-state index in [0.717, 1.165) is 11.3 Å². The van der Waals surface area contributed by atoms with Gasteiger partial charge in [0.1, 0.15) is 0 Å². The monoisotopic (exact) mass is 419 g/mol. The summed E-state index contributed by atoms with van der Waals surface area (Å²) >= 11 is 0. The zero-order chi connectivity index (χ0) is 21.8. The van der Waals surface area contributed by atoms with Gasteiger partial charge in [-0.3, -0.25) is 19.1 Å². The van der Waals surface area contributed by atoms with Crippen molar-refractivity contribution in [2.45, 2.75) is 39.7 Å². The maximum atomic E-state index is 13.2. The van der Waals surface area contributed by atoms with E-state index in [4.69, 9.17) is 4.74 Å². The number of fused-ring (bicyclic) bond motifs is 1. The summed E-state index contributed by atoms with van der Waals surface area (Å²) in [4.78, 5) is 41.5. The lowest BCUT2D eigenvalue weighted by atomic mass is 9.95. The molecule has 2 aliphatic heterocycles. The van der Waals surface area contributed by atoms with Crippen molar-refractivity contribution < 1.29 is 19.1 Å². The van der Waals surface area contributed by atoms with Crippen LogP contribution in [-0.2, 0) is 34.3 Å². The molecule has 9 nitrogen and oxygen atoms in total. The molecule has 1 N–H and O–H groups in total. The van der Waals surface area contributed by atoms with Crippen molar-refractivity contribution in [2.24, 2.45) is 18.9 Å². The third-order valence-corrected chi connectivity index (χ3v) is 6.01. The van der Waals surface area contributed by atoms with Crippen LogP contribution in [0.4, 0.5) is 0 Å². The average Bonchev–Trinajstić information content (AvgIpc) is 3.08. The van der Waals surface area contributed by atoms with Crippen LogP contribution in [0, 0.1) is 11.8 Å². The van der Waals surface area contributed by atoms with Gasteiger partial charge in [-0.2, -0.15) is 5.10 Å². The Balaban J connectivity index is 1.65. The molecule has 3 amide bonds. The Morgan fingerprint density at radius 3 is 2.50 bits per heavy atom. The maximum Gasteiger partial charge on any atom is 0.274 e. The molecular formula is C21H33N5O4. The average molecular weight is 420 g/mol. The van der Waals surface area contributed by atoms with Crippen molar-refractivity contribution in [3.05, 3.63) is 17.0 Å². The number of nitrogens with one attached hydrogen (secondary N) is 1. The largest absolute Gasteiger partial charge is 0.383 e. The van der Waals surface area contributed by atoms with Crippen molar-refractivity contribution in [2.75, 3.05) is 39.9 Å². The van der Waals surface area contributed by atoms with Crippen LogP contribution >= 0.6 is 0 Å². The van der Waals surface area contributed by atoms with Crippen molar-refractivity contribution >= 4 is 17.7 Å². The molecule has 0 saturated carbocycles. The van der Waals surface area contributed by atoms with Gasteiger partial charge in [0, 0.05) is 76.4 Å². The first-order chi connectivity index (χ1) is 14.3. The number of methoxy groups -OCH3 is 1. The molecular weight excluding hydrogens is 386 g/mol. The van der Waals surface area contributed by atoms with Gasteiger partial charge in [0.2, 0.25) is 11.8 Å². The number of hydrogen-bond acceptors (Lipinski definition) is 5. The van der Waals surface area contributed by atoms with Crippen LogP contribution in [-0.4, -0.2) is 77.2 Å². The van der Waals surface area contributed by atoms with E-state index in [2.05, 4.69) is 10.4 Å². The summed E-state index contributed by atoms with van der Waals surface area (Å²) in [6, 6.07) is 0. The van der Waals surface area contributed by atoms with E-state index in [0.29, 0.717) is 64.3 Å². The number of nitrogens with zero attached hydrogens (tertiary/aromatic N) is 4. The molecule has 3 rings (SSSR count). The molecule has 1 fully saturated rings. The fourth-order valence-electron chi connectivity index (χ4n) is 4.23. The highest BCUT2D eigenvalue weighted by Gasteiger charge is 2.34. The Labute approximate surface area is 177 Å². The van der Waals surface area contributed by atoms with E-state index < -0.39 is 0 Å². The number of carbonyl (C=O) groups excluding carboxylic acids is 3. The fourth-order valence-corrected chi connectivity index (χ4v) is 4.23. The van der Waals surface area contributed by atoms with Crippen molar-refractivity contribution in [3.8, 4) is 0 Å². The zero-order valence-electron chi connectivity index (χ0n) is 18.4. The van der Waals surface area contributed by atoms with Crippen molar-refractivity contribution in [1.82, 2.24) is 24.9 Å². The van der Waals surface area contributed by atoms with E-state index in [9.17, 15) is 14.4 Å². The number of amides is 3. The molecule has 1 aromatic rings. The highest BCUT2D eigenvalue weighted by molar-refractivity contribution is 5.94. The number of likely N-dealkylation sites (tertiary alicyclic amines) is 1. The highest BCUT2D eigenvalue weighted by atomic mass is 16.5. The van der Waals surface area contributed by atoms with Gasteiger partial charge in [0.25, 0.3) is 5.91 Å². The van der Waals surface area contributed by atoms with Crippen LogP contribution in [0.25, 0.3) is 0 Å². The number of rotatable bonds is 6. The summed E-state index contributed by atoms with van der Waals surface area (Å²) in [5.41, 5.74) is 2.33. The lowest BCUT2D eigenvalue weighted by molar-refractivity contribution is -0.135. The van der Waals surface area contributed by atoms with Crippen molar-refractivity contribution in [1.29, 1.82) is 0 Å². The molecule has 3 heterocycles. The first-order valence-electron chi connectivity index (χ1n) is 10.7. The van der Waals surface area contributed by atoms with Crippen LogP contribution in [0.3, 0.4) is 0 Å². The lowest BCUT2D eigenvalue weighted by Crippen LogP contribution is -2.44. The standard InChI is InChI=1S/C21H33N5O4/c1-14(2)20(28)26-11-7-17-16(13-26)18(23-24(17)3)21(29)25-9-5-15(6-10-25)19(27)22-8-12-30-4/h14-15H,5-13H2,1-4H3,(H,22,27). The highest BCUT2D eigenvalue weighted by Crippen LogP contribution is 2.26. The molecule has 0 atom stereocenters. The second-order valence-electron chi connectivity index (χ2n) is 8.41. The Kier molecular flexibility index (Phi) is 7.12. The van der Waals surface area contributed by atoms with Gasteiger partial charge in [-0.1, -0.05) is 13.8 Å². The van der Waals surface area contributed by atoms with E-state index >= 15 is 0 Å². The minimum absolute atomic E-state index is 0.0252. The van der Waals surface area contributed by atoms with Gasteiger partial charge in [0.05, 0.1) is 6.61 Å². The minimum Gasteiger partial charge on any atom is -0.383 e. The van der Waals surface area contributed by atoms with Gasteiger partial charge < -0.3 is 19.9 Å². The second-order valence-corrected chi connectivity index (χ2v) is 8.41. The maximum absolute atomic E-state index is 13.2. The van der Waals surface area contributed by atoms with E-state index in [1.807, 2.05) is 25.8 Å². The molecule has 1 aromatic heterocycles. The number of carbonyl (C=O) groups is 3. The molecule has 0 radical (unpaired) electrons. The molecule has 9 heteroatoms. The lowest BCUT2D eigenvalue weighted by Gasteiger charge is -2.32. The molecule has 1 saturated heterocycles. The third-order valence-electron chi connectivity index (χ3n) is 6.01. The second kappa shape index (κ2) is 9.59. The van der Waals surface area contributed by atoms with Gasteiger partial charge in [-0.25, -0.2) is 0 Å². The van der Waals surface area contributed by atoms with Crippen LogP contribution in [0.1, 0.15) is 48.4 Å². The number of aryl methyl sites for hydroxylation is 1. The summed E-state index contributed by atoms with van der Waals surface area (Å²) in [5.74, 6) is -0.136. The molecule has 0 spiro atoms. The SMILES string of the molecule is COCCNC(=O)C1CCN(C(=O)c2nn(C)c3c2CN(C(=O)C(C)C)CC3)CC1. The van der Waals surface area contributed by atoms with Gasteiger partial charge >= 0.3 is 0 Å².